The Kier molecular flexibility index (Phi) is 6.42. The van der Waals surface area contributed by atoms with Crippen molar-refractivity contribution in [3.05, 3.63) is 70.7 Å². The highest BCUT2D eigenvalue weighted by atomic mass is 35.5. The number of amidine groups is 1. The topological polar surface area (TPSA) is 65.3 Å². The average Bonchev–Trinajstić information content (AvgIpc) is 3.33. The fourth-order valence-electron chi connectivity index (χ4n) is 4.51. The Morgan fingerprint density at radius 3 is 2.47 bits per heavy atom. The minimum Gasteiger partial charge on any atom is -0.335 e. The van der Waals surface area contributed by atoms with Crippen LogP contribution in [0.25, 0.3) is 0 Å². The van der Waals surface area contributed by atoms with E-state index in [-0.39, 0.29) is 23.7 Å². The molecule has 1 atom stereocenters. The number of carbonyl (C=O) groups excluding carboxylic acids is 2. The SMILES string of the molecule is CCC1(CC)CN(C(=O)c2cccc(Cl)c2)CCN1C(=O)C1=NC(c2ccccc2)C=N1. The Morgan fingerprint density at radius 2 is 1.78 bits per heavy atom. The molecule has 0 bridgehead atoms. The van der Waals surface area contributed by atoms with Crippen LogP contribution in [0.5, 0.6) is 0 Å². The maximum absolute atomic E-state index is 13.5. The van der Waals surface area contributed by atoms with Crippen LogP contribution >= 0.6 is 11.6 Å². The van der Waals surface area contributed by atoms with Crippen LogP contribution < -0.4 is 0 Å². The quantitative estimate of drug-likeness (QED) is 0.677. The molecular weight excluding hydrogens is 424 g/mol. The van der Waals surface area contributed by atoms with Crippen LogP contribution in [-0.2, 0) is 4.79 Å². The molecule has 0 aromatic heterocycles. The molecule has 0 spiro atoms. The minimum atomic E-state index is -0.466. The zero-order chi connectivity index (χ0) is 22.7. The van der Waals surface area contributed by atoms with Gasteiger partial charge in [-0.05, 0) is 36.6 Å². The number of nitrogens with zero attached hydrogens (tertiary/aromatic N) is 4. The van der Waals surface area contributed by atoms with Crippen LogP contribution in [-0.4, -0.2) is 58.8 Å². The van der Waals surface area contributed by atoms with Crippen molar-refractivity contribution in [2.24, 2.45) is 9.98 Å². The molecule has 2 amide bonds. The lowest BCUT2D eigenvalue weighted by Crippen LogP contribution is -2.65. The molecule has 0 radical (unpaired) electrons. The molecule has 1 fully saturated rings. The third kappa shape index (κ3) is 4.19. The van der Waals surface area contributed by atoms with Crippen molar-refractivity contribution in [3.63, 3.8) is 0 Å². The van der Waals surface area contributed by atoms with E-state index < -0.39 is 5.54 Å². The van der Waals surface area contributed by atoms with Crippen LogP contribution in [0.2, 0.25) is 5.02 Å². The Hall–Kier alpha value is -2.99. The van der Waals surface area contributed by atoms with E-state index in [1.807, 2.05) is 40.1 Å². The Labute approximate surface area is 193 Å². The fourth-order valence-corrected chi connectivity index (χ4v) is 4.70. The summed E-state index contributed by atoms with van der Waals surface area (Å²) < 4.78 is 0. The van der Waals surface area contributed by atoms with Gasteiger partial charge in [-0.3, -0.25) is 9.59 Å². The first-order valence-electron chi connectivity index (χ1n) is 11.0. The summed E-state index contributed by atoms with van der Waals surface area (Å²) in [6, 6.07) is 16.6. The number of aliphatic imine (C=N–C) groups is 2. The molecule has 1 saturated heterocycles. The number of carbonyl (C=O) groups is 2. The third-order valence-corrected chi connectivity index (χ3v) is 6.74. The van der Waals surface area contributed by atoms with Crippen molar-refractivity contribution in [2.45, 2.75) is 38.3 Å². The lowest BCUT2D eigenvalue weighted by molar-refractivity contribution is -0.134. The average molecular weight is 451 g/mol. The van der Waals surface area contributed by atoms with Gasteiger partial charge in [-0.25, -0.2) is 9.98 Å². The van der Waals surface area contributed by atoms with E-state index in [0.29, 0.717) is 30.2 Å². The van der Waals surface area contributed by atoms with E-state index in [4.69, 9.17) is 11.6 Å². The molecule has 2 aromatic carbocycles. The number of hydrogen-bond donors (Lipinski definition) is 0. The maximum atomic E-state index is 13.5. The molecule has 1 unspecified atom stereocenters. The smallest absolute Gasteiger partial charge is 0.291 e. The summed E-state index contributed by atoms with van der Waals surface area (Å²) in [6.07, 6.45) is 3.18. The zero-order valence-electron chi connectivity index (χ0n) is 18.4. The van der Waals surface area contributed by atoms with Gasteiger partial charge in [0.25, 0.3) is 11.8 Å². The van der Waals surface area contributed by atoms with Gasteiger partial charge in [-0.15, -0.1) is 0 Å². The van der Waals surface area contributed by atoms with Crippen molar-refractivity contribution in [2.75, 3.05) is 19.6 Å². The van der Waals surface area contributed by atoms with Gasteiger partial charge >= 0.3 is 0 Å². The van der Waals surface area contributed by atoms with Gasteiger partial charge in [0, 0.05) is 36.4 Å². The first-order chi connectivity index (χ1) is 15.5. The number of piperazine rings is 1. The van der Waals surface area contributed by atoms with Gasteiger partial charge in [0.2, 0.25) is 5.84 Å². The lowest BCUT2D eigenvalue weighted by Gasteiger charge is -2.50. The monoisotopic (exact) mass is 450 g/mol. The molecule has 2 aliphatic rings. The molecule has 4 rings (SSSR count). The first kappa shape index (κ1) is 22.2. The van der Waals surface area contributed by atoms with E-state index in [1.165, 1.54) is 0 Å². The van der Waals surface area contributed by atoms with Crippen LogP contribution in [0.4, 0.5) is 0 Å². The summed E-state index contributed by atoms with van der Waals surface area (Å²) in [7, 11) is 0. The Morgan fingerprint density at radius 1 is 1.03 bits per heavy atom. The normalized spacial score (nSPS) is 19.7. The maximum Gasteiger partial charge on any atom is 0.291 e. The first-order valence-corrected chi connectivity index (χ1v) is 11.4. The number of rotatable bonds is 5. The van der Waals surface area contributed by atoms with Gasteiger partial charge in [0.15, 0.2) is 0 Å². The molecule has 0 N–H and O–H groups in total. The molecule has 2 heterocycles. The summed E-state index contributed by atoms with van der Waals surface area (Å²) in [5.74, 6) is 0.00391. The van der Waals surface area contributed by atoms with Gasteiger partial charge in [0.05, 0.1) is 5.54 Å². The third-order valence-electron chi connectivity index (χ3n) is 6.50. The predicted molar refractivity (Wildman–Crippen MR) is 127 cm³/mol. The van der Waals surface area contributed by atoms with Crippen LogP contribution in [0.1, 0.15) is 48.7 Å². The summed E-state index contributed by atoms with van der Waals surface area (Å²) in [5.41, 5.74) is 1.11. The van der Waals surface area contributed by atoms with E-state index in [0.717, 1.165) is 18.4 Å². The summed E-state index contributed by atoms with van der Waals surface area (Å²) in [5, 5.41) is 0.534. The summed E-state index contributed by atoms with van der Waals surface area (Å²) in [4.78, 5) is 39.2. The van der Waals surface area contributed by atoms with Crippen LogP contribution in [0, 0.1) is 0 Å². The van der Waals surface area contributed by atoms with Gasteiger partial charge < -0.3 is 9.80 Å². The van der Waals surface area contributed by atoms with E-state index >= 15 is 0 Å². The molecule has 0 saturated carbocycles. The largest absolute Gasteiger partial charge is 0.335 e. The van der Waals surface area contributed by atoms with Crippen molar-refractivity contribution >= 4 is 35.5 Å². The second kappa shape index (κ2) is 9.25. The van der Waals surface area contributed by atoms with Crippen molar-refractivity contribution < 1.29 is 9.59 Å². The molecule has 32 heavy (non-hydrogen) atoms. The number of amides is 2. The van der Waals surface area contributed by atoms with E-state index in [1.54, 1.807) is 30.5 Å². The van der Waals surface area contributed by atoms with E-state index in [9.17, 15) is 9.59 Å². The molecular formula is C25H27ClN4O2. The van der Waals surface area contributed by atoms with Crippen molar-refractivity contribution in [3.8, 4) is 0 Å². The van der Waals surface area contributed by atoms with Crippen LogP contribution in [0.3, 0.4) is 0 Å². The van der Waals surface area contributed by atoms with Crippen molar-refractivity contribution in [1.82, 2.24) is 9.80 Å². The second-order valence-electron chi connectivity index (χ2n) is 8.21. The molecule has 7 heteroatoms. The van der Waals surface area contributed by atoms with Gasteiger partial charge in [-0.1, -0.05) is 61.8 Å². The fraction of sp³-hybridized carbons (Fsp3) is 0.360. The predicted octanol–water partition coefficient (Wildman–Crippen LogP) is 4.41. The Balaban J connectivity index is 1.54. The van der Waals surface area contributed by atoms with E-state index in [2.05, 4.69) is 23.8 Å². The zero-order valence-corrected chi connectivity index (χ0v) is 19.1. The highest BCUT2D eigenvalue weighted by Crippen LogP contribution is 2.31. The van der Waals surface area contributed by atoms with Gasteiger partial charge in [-0.2, -0.15) is 0 Å². The molecule has 6 nitrogen and oxygen atoms in total. The highest BCUT2D eigenvalue weighted by Gasteiger charge is 2.44. The minimum absolute atomic E-state index is 0.0637. The van der Waals surface area contributed by atoms with Crippen molar-refractivity contribution in [1.29, 1.82) is 0 Å². The highest BCUT2D eigenvalue weighted by molar-refractivity contribution is 6.40. The molecule has 166 valence electrons. The van der Waals surface area contributed by atoms with Gasteiger partial charge in [0.1, 0.15) is 6.04 Å². The summed E-state index contributed by atoms with van der Waals surface area (Å²) in [6.45, 7) is 5.48. The summed E-state index contributed by atoms with van der Waals surface area (Å²) >= 11 is 6.08. The number of benzene rings is 2. The second-order valence-corrected chi connectivity index (χ2v) is 8.65. The number of halogens is 1. The lowest BCUT2D eigenvalue weighted by atomic mass is 9.87. The molecule has 2 aromatic rings. The number of hydrogen-bond acceptors (Lipinski definition) is 4. The molecule has 0 aliphatic carbocycles. The Bertz CT molecular complexity index is 1060. The van der Waals surface area contributed by atoms with Crippen LogP contribution in [0.15, 0.2) is 64.6 Å². The standard InChI is InChI=1S/C25H27ClN4O2/c1-3-25(4-2)17-29(23(31)19-11-8-12-20(26)15-19)13-14-30(25)24(32)22-27-16-21(28-22)18-9-6-5-7-10-18/h5-12,15-16,21H,3-4,13-14,17H2,1-2H3. The molecule has 2 aliphatic heterocycles.